The second-order valence-electron chi connectivity index (χ2n) is 4.08. The van der Waals surface area contributed by atoms with Crippen LogP contribution in [0.5, 0.6) is 0 Å². The van der Waals surface area contributed by atoms with Crippen LogP contribution < -0.4 is 5.32 Å². The molecule has 0 atom stereocenters. The number of rotatable bonds is 1. The van der Waals surface area contributed by atoms with Gasteiger partial charge in [0.1, 0.15) is 5.60 Å². The van der Waals surface area contributed by atoms with E-state index < -0.39 is 5.60 Å². The number of amides is 1. The number of alkyl carbamates (subject to hydrolysis) is 1. The minimum absolute atomic E-state index is 0.322. The predicted octanol–water partition coefficient (Wildman–Crippen LogP) is 2.23. The van der Waals surface area contributed by atoms with Crippen LogP contribution in [0.4, 0.5) is 4.79 Å². The van der Waals surface area contributed by atoms with Gasteiger partial charge in [-0.3, -0.25) is 0 Å². The van der Waals surface area contributed by atoms with Gasteiger partial charge in [0.15, 0.2) is 0 Å². The van der Waals surface area contributed by atoms with Crippen LogP contribution in [0.15, 0.2) is 0 Å². The van der Waals surface area contributed by atoms with Gasteiger partial charge in [-0.1, -0.05) is 0 Å². The molecule has 1 aliphatic rings. The minimum atomic E-state index is -0.394. The molecule has 0 bridgehead atoms. The molecule has 0 aromatic rings. The Balaban J connectivity index is 2.19. The van der Waals surface area contributed by atoms with E-state index in [-0.39, 0.29) is 6.09 Å². The van der Waals surface area contributed by atoms with Crippen LogP contribution >= 0.6 is 0 Å². The van der Waals surface area contributed by atoms with Crippen LogP contribution in [0, 0.1) is 6.04 Å². The molecule has 1 saturated carbocycles. The fourth-order valence-corrected chi connectivity index (χ4v) is 0.926. The maximum absolute atomic E-state index is 11.1. The van der Waals surface area contributed by atoms with Gasteiger partial charge in [-0.15, -0.1) is 0 Å². The van der Waals surface area contributed by atoms with Crippen molar-refractivity contribution in [3.63, 3.8) is 0 Å². The zero-order valence-corrected chi connectivity index (χ0v) is 7.94. The normalized spacial score (nSPS) is 18.2. The summed E-state index contributed by atoms with van der Waals surface area (Å²) in [5.74, 6) is 0. The number of carbonyl (C=O) groups is 1. The first kappa shape index (κ1) is 9.36. The lowest BCUT2D eigenvalue weighted by Crippen LogP contribution is -2.37. The first-order chi connectivity index (χ1) is 5.47. The van der Waals surface area contributed by atoms with E-state index in [1.165, 1.54) is 6.42 Å². The van der Waals surface area contributed by atoms with Crippen LogP contribution in [0.3, 0.4) is 0 Å². The van der Waals surface area contributed by atoms with Crippen molar-refractivity contribution in [3.05, 3.63) is 6.04 Å². The summed E-state index contributed by atoms with van der Waals surface area (Å²) in [4.78, 5) is 11.1. The van der Waals surface area contributed by atoms with Crippen LogP contribution in [0.1, 0.15) is 40.0 Å². The monoisotopic (exact) mass is 170 g/mol. The number of hydrogen-bond donors (Lipinski definition) is 1. The molecule has 0 aromatic heterocycles. The summed E-state index contributed by atoms with van der Waals surface area (Å²) in [6.07, 6.45) is 2.89. The molecule has 12 heavy (non-hydrogen) atoms. The summed E-state index contributed by atoms with van der Waals surface area (Å²) in [5, 5.41) is 2.73. The van der Waals surface area contributed by atoms with E-state index in [9.17, 15) is 4.79 Å². The van der Waals surface area contributed by atoms with E-state index in [1.54, 1.807) is 0 Å². The van der Waals surface area contributed by atoms with Gasteiger partial charge >= 0.3 is 6.09 Å². The number of carbonyl (C=O) groups excluding carboxylic acids is 1. The Morgan fingerprint density at radius 1 is 1.42 bits per heavy atom. The first-order valence-electron chi connectivity index (χ1n) is 4.32. The van der Waals surface area contributed by atoms with E-state index in [0.717, 1.165) is 18.9 Å². The highest BCUT2D eigenvalue weighted by Gasteiger charge is 2.23. The van der Waals surface area contributed by atoms with Crippen molar-refractivity contribution >= 4 is 6.09 Å². The maximum atomic E-state index is 11.1. The van der Waals surface area contributed by atoms with E-state index in [0.29, 0.717) is 0 Å². The van der Waals surface area contributed by atoms with E-state index in [4.69, 9.17) is 4.74 Å². The van der Waals surface area contributed by atoms with Crippen LogP contribution in [-0.4, -0.2) is 11.7 Å². The summed E-state index contributed by atoms with van der Waals surface area (Å²) in [6, 6.07) is 1.10. The van der Waals surface area contributed by atoms with Crippen LogP contribution in [-0.2, 0) is 4.74 Å². The number of ether oxygens (including phenoxy) is 1. The second-order valence-corrected chi connectivity index (χ2v) is 4.08. The Morgan fingerprint density at radius 3 is 2.33 bits per heavy atom. The van der Waals surface area contributed by atoms with E-state index in [2.05, 4.69) is 5.32 Å². The SMILES string of the molecule is CC(C)(C)OC(=O)N[C]1CCC1. The highest BCUT2D eigenvalue weighted by atomic mass is 16.6. The van der Waals surface area contributed by atoms with Gasteiger partial charge in [-0.2, -0.15) is 0 Å². The lowest BCUT2D eigenvalue weighted by molar-refractivity contribution is 0.0518. The van der Waals surface area contributed by atoms with Crippen molar-refractivity contribution in [1.82, 2.24) is 5.32 Å². The number of hydrogen-bond acceptors (Lipinski definition) is 2. The molecule has 3 heteroatoms. The summed E-state index contributed by atoms with van der Waals surface area (Å²) in [7, 11) is 0. The summed E-state index contributed by atoms with van der Waals surface area (Å²) >= 11 is 0. The van der Waals surface area contributed by atoms with Crippen molar-refractivity contribution in [2.45, 2.75) is 45.6 Å². The summed E-state index contributed by atoms with van der Waals surface area (Å²) in [5.41, 5.74) is -0.394. The molecule has 0 aliphatic heterocycles. The number of nitrogens with one attached hydrogen (secondary N) is 1. The molecule has 0 unspecified atom stereocenters. The molecule has 1 radical (unpaired) electrons. The van der Waals surface area contributed by atoms with Gasteiger partial charge < -0.3 is 10.1 Å². The minimum Gasteiger partial charge on any atom is -0.444 e. The van der Waals surface area contributed by atoms with Crippen molar-refractivity contribution in [1.29, 1.82) is 0 Å². The average Bonchev–Trinajstić information content (AvgIpc) is 1.74. The molecule has 69 valence electrons. The van der Waals surface area contributed by atoms with Crippen molar-refractivity contribution in [2.24, 2.45) is 0 Å². The Bertz CT molecular complexity index is 168. The largest absolute Gasteiger partial charge is 0.444 e. The van der Waals surface area contributed by atoms with Gasteiger partial charge in [0.25, 0.3) is 0 Å². The molecule has 0 aromatic carbocycles. The standard InChI is InChI=1S/C9H16NO2/c1-9(2,3)12-8(11)10-7-5-4-6-7/h4-6H2,1-3H3,(H,10,11). The third-order valence-corrected chi connectivity index (χ3v) is 1.63. The van der Waals surface area contributed by atoms with Crippen LogP contribution in [0.25, 0.3) is 0 Å². The Kier molecular flexibility index (Phi) is 2.60. The average molecular weight is 170 g/mol. The molecule has 1 N–H and O–H groups in total. The summed E-state index contributed by atoms with van der Waals surface area (Å²) < 4.78 is 5.07. The molecule has 1 fully saturated rings. The third-order valence-electron chi connectivity index (χ3n) is 1.63. The van der Waals surface area contributed by atoms with E-state index in [1.807, 2.05) is 20.8 Å². The fraction of sp³-hybridized carbons (Fsp3) is 0.778. The van der Waals surface area contributed by atoms with Gasteiger partial charge in [-0.25, -0.2) is 4.79 Å². The molecule has 0 heterocycles. The van der Waals surface area contributed by atoms with Gasteiger partial charge in [0.2, 0.25) is 0 Å². The van der Waals surface area contributed by atoms with Gasteiger partial charge in [0, 0.05) is 0 Å². The highest BCUT2D eigenvalue weighted by Crippen LogP contribution is 2.25. The van der Waals surface area contributed by atoms with Crippen molar-refractivity contribution in [3.8, 4) is 0 Å². The molecular weight excluding hydrogens is 154 g/mol. The van der Waals surface area contributed by atoms with Gasteiger partial charge in [0.05, 0.1) is 6.04 Å². The molecule has 1 rings (SSSR count). The van der Waals surface area contributed by atoms with Gasteiger partial charge in [-0.05, 0) is 40.0 Å². The molecule has 1 aliphatic carbocycles. The fourth-order valence-electron chi connectivity index (χ4n) is 0.926. The van der Waals surface area contributed by atoms with Crippen LogP contribution in [0.2, 0.25) is 0 Å². The second kappa shape index (κ2) is 3.33. The first-order valence-corrected chi connectivity index (χ1v) is 4.32. The Hall–Kier alpha value is -0.730. The van der Waals surface area contributed by atoms with Crippen molar-refractivity contribution in [2.75, 3.05) is 0 Å². The molecule has 1 amide bonds. The zero-order valence-electron chi connectivity index (χ0n) is 7.94. The quantitative estimate of drug-likeness (QED) is 0.655. The van der Waals surface area contributed by atoms with Crippen molar-refractivity contribution < 1.29 is 9.53 Å². The predicted molar refractivity (Wildman–Crippen MR) is 46.5 cm³/mol. The molecule has 0 spiro atoms. The maximum Gasteiger partial charge on any atom is 0.408 e. The lowest BCUT2D eigenvalue weighted by atomic mass is 9.93. The molecule has 3 nitrogen and oxygen atoms in total. The third kappa shape index (κ3) is 3.11. The lowest BCUT2D eigenvalue weighted by Gasteiger charge is -2.27. The Labute approximate surface area is 73.5 Å². The topological polar surface area (TPSA) is 38.3 Å². The Morgan fingerprint density at radius 2 is 2.00 bits per heavy atom. The summed E-state index contributed by atoms with van der Waals surface area (Å²) in [6.45, 7) is 5.58. The zero-order chi connectivity index (χ0) is 9.19. The highest BCUT2D eigenvalue weighted by molar-refractivity contribution is 5.69. The molecular formula is C9H16NO2. The smallest absolute Gasteiger partial charge is 0.408 e. The van der Waals surface area contributed by atoms with E-state index >= 15 is 0 Å². The molecule has 0 saturated heterocycles.